The summed E-state index contributed by atoms with van der Waals surface area (Å²) in [7, 11) is 0. The molecule has 18 heavy (non-hydrogen) atoms. The van der Waals surface area contributed by atoms with Crippen LogP contribution in [-0.2, 0) is 6.54 Å². The lowest BCUT2D eigenvalue weighted by atomic mass is 9.90. The topological polar surface area (TPSA) is 28.7 Å². The molecule has 0 atom stereocenters. The molecule has 1 heterocycles. The van der Waals surface area contributed by atoms with Crippen LogP contribution in [0, 0.1) is 16.7 Å². The van der Waals surface area contributed by atoms with E-state index in [-0.39, 0.29) is 5.41 Å². The number of halogens is 1. The summed E-state index contributed by atoms with van der Waals surface area (Å²) in [5.74, 6) is 0. The molecule has 0 aliphatic carbocycles. The van der Waals surface area contributed by atoms with E-state index < -0.39 is 0 Å². The van der Waals surface area contributed by atoms with Gasteiger partial charge in [0.1, 0.15) is 0 Å². The Morgan fingerprint density at radius 1 is 1.33 bits per heavy atom. The number of hydrogen-bond acceptors (Lipinski definition) is 1. The van der Waals surface area contributed by atoms with Crippen molar-refractivity contribution in [3.05, 3.63) is 35.5 Å². The second-order valence-electron chi connectivity index (χ2n) is 5.28. The van der Waals surface area contributed by atoms with E-state index in [0.717, 1.165) is 35.3 Å². The van der Waals surface area contributed by atoms with Gasteiger partial charge in [0.15, 0.2) is 0 Å². The molecule has 1 aromatic heterocycles. The van der Waals surface area contributed by atoms with E-state index in [1.807, 2.05) is 32.0 Å². The van der Waals surface area contributed by atoms with Gasteiger partial charge in [0.05, 0.1) is 11.5 Å². The van der Waals surface area contributed by atoms with Crippen molar-refractivity contribution in [1.82, 2.24) is 4.57 Å². The summed E-state index contributed by atoms with van der Waals surface area (Å²) in [4.78, 5) is 0. The second-order valence-corrected chi connectivity index (χ2v) is 5.69. The Bertz CT molecular complexity index is 590. The molecule has 94 valence electrons. The van der Waals surface area contributed by atoms with Crippen LogP contribution in [0.2, 0.25) is 5.02 Å². The monoisotopic (exact) mass is 260 g/mol. The van der Waals surface area contributed by atoms with Gasteiger partial charge in [-0.15, -0.1) is 0 Å². The number of fused-ring (bicyclic) bond motifs is 1. The Kier molecular flexibility index (Phi) is 3.63. The van der Waals surface area contributed by atoms with Crippen LogP contribution in [0.15, 0.2) is 30.5 Å². The molecule has 0 N–H and O–H groups in total. The van der Waals surface area contributed by atoms with E-state index in [1.54, 1.807) is 0 Å². The summed E-state index contributed by atoms with van der Waals surface area (Å²) < 4.78 is 2.20. The third kappa shape index (κ3) is 2.68. The lowest BCUT2D eigenvalue weighted by molar-refractivity contribution is 0.418. The highest BCUT2D eigenvalue weighted by Gasteiger charge is 2.15. The van der Waals surface area contributed by atoms with Crippen molar-refractivity contribution in [3.63, 3.8) is 0 Å². The summed E-state index contributed by atoms with van der Waals surface area (Å²) in [6.07, 6.45) is 3.97. The molecule has 0 unspecified atom stereocenters. The molecule has 0 aliphatic heterocycles. The van der Waals surface area contributed by atoms with E-state index in [2.05, 4.69) is 22.9 Å². The largest absolute Gasteiger partial charge is 0.347 e. The number of aromatic nitrogens is 1. The lowest BCUT2D eigenvalue weighted by Crippen LogP contribution is -2.09. The van der Waals surface area contributed by atoms with E-state index in [9.17, 15) is 0 Å². The van der Waals surface area contributed by atoms with Gasteiger partial charge in [0.2, 0.25) is 0 Å². The normalized spacial score (nSPS) is 11.7. The second kappa shape index (κ2) is 5.04. The molecule has 0 radical (unpaired) electrons. The minimum absolute atomic E-state index is 0.236. The van der Waals surface area contributed by atoms with Crippen molar-refractivity contribution in [2.45, 2.75) is 33.2 Å². The van der Waals surface area contributed by atoms with Gasteiger partial charge in [-0.3, -0.25) is 0 Å². The maximum absolute atomic E-state index is 8.99. The Hall–Kier alpha value is -1.46. The fraction of sp³-hybridized carbons (Fsp3) is 0.400. The molecule has 0 spiro atoms. The predicted molar refractivity (Wildman–Crippen MR) is 75.6 cm³/mol. The molecule has 0 fully saturated rings. The zero-order valence-corrected chi connectivity index (χ0v) is 11.5. The van der Waals surface area contributed by atoms with Crippen LogP contribution >= 0.6 is 11.6 Å². The fourth-order valence-corrected chi connectivity index (χ4v) is 2.36. The Morgan fingerprint density at radius 3 is 2.83 bits per heavy atom. The van der Waals surface area contributed by atoms with Crippen LogP contribution in [0.5, 0.6) is 0 Å². The number of nitrogens with zero attached hydrogens (tertiary/aromatic N) is 2. The van der Waals surface area contributed by atoms with E-state index in [0.29, 0.717) is 0 Å². The standard InChI is InChI=1S/C15H17ClN2/c1-15(2,11-17)8-4-9-18-10-7-12-13(16)5-3-6-14(12)18/h3,5-7,10H,4,8-9H2,1-2H3. The van der Waals surface area contributed by atoms with Crippen LogP contribution in [0.25, 0.3) is 10.9 Å². The quantitative estimate of drug-likeness (QED) is 0.788. The highest BCUT2D eigenvalue weighted by Crippen LogP contribution is 2.26. The molecule has 2 nitrogen and oxygen atoms in total. The van der Waals surface area contributed by atoms with Gasteiger partial charge in [0.25, 0.3) is 0 Å². The molecule has 2 aromatic rings. The van der Waals surface area contributed by atoms with Crippen molar-refractivity contribution in [2.75, 3.05) is 0 Å². The van der Waals surface area contributed by atoms with E-state index >= 15 is 0 Å². The number of benzene rings is 1. The summed E-state index contributed by atoms with van der Waals surface area (Å²) in [6.45, 7) is 4.89. The summed E-state index contributed by atoms with van der Waals surface area (Å²) in [5, 5.41) is 10.9. The van der Waals surface area contributed by atoms with Crippen LogP contribution < -0.4 is 0 Å². The number of aryl methyl sites for hydroxylation is 1. The lowest BCUT2D eigenvalue weighted by Gasteiger charge is -2.15. The molecule has 0 amide bonds. The minimum Gasteiger partial charge on any atom is -0.347 e. The molecular weight excluding hydrogens is 244 g/mol. The highest BCUT2D eigenvalue weighted by molar-refractivity contribution is 6.35. The molecular formula is C15H17ClN2. The molecule has 0 aliphatic rings. The van der Waals surface area contributed by atoms with Crippen LogP contribution in [0.3, 0.4) is 0 Å². The third-order valence-corrected chi connectivity index (χ3v) is 3.59. The predicted octanol–water partition coefficient (Wildman–Crippen LogP) is 4.62. The Balaban J connectivity index is 2.10. The number of nitriles is 1. The highest BCUT2D eigenvalue weighted by atomic mass is 35.5. The fourth-order valence-electron chi connectivity index (χ4n) is 2.13. The van der Waals surface area contributed by atoms with Crippen LogP contribution in [-0.4, -0.2) is 4.57 Å². The maximum atomic E-state index is 8.99. The van der Waals surface area contributed by atoms with Gasteiger partial charge in [-0.1, -0.05) is 17.7 Å². The van der Waals surface area contributed by atoms with Gasteiger partial charge in [-0.2, -0.15) is 5.26 Å². The molecule has 0 bridgehead atoms. The van der Waals surface area contributed by atoms with Crippen molar-refractivity contribution in [1.29, 1.82) is 5.26 Å². The first-order valence-corrected chi connectivity index (χ1v) is 6.56. The van der Waals surface area contributed by atoms with Crippen molar-refractivity contribution >= 4 is 22.5 Å². The third-order valence-electron chi connectivity index (χ3n) is 3.26. The maximum Gasteiger partial charge on any atom is 0.0683 e. The van der Waals surface area contributed by atoms with E-state index in [1.165, 1.54) is 0 Å². The first kappa shape index (κ1) is 13.0. The summed E-state index contributed by atoms with van der Waals surface area (Å²) in [5.41, 5.74) is 0.929. The Labute approximate surface area is 113 Å². The van der Waals surface area contributed by atoms with Gasteiger partial charge in [-0.25, -0.2) is 0 Å². The average Bonchev–Trinajstić information content (AvgIpc) is 2.74. The van der Waals surface area contributed by atoms with E-state index in [4.69, 9.17) is 16.9 Å². The zero-order chi connectivity index (χ0) is 13.2. The number of hydrogen-bond donors (Lipinski definition) is 0. The first-order chi connectivity index (χ1) is 8.53. The zero-order valence-electron chi connectivity index (χ0n) is 10.8. The van der Waals surface area contributed by atoms with Crippen molar-refractivity contribution < 1.29 is 0 Å². The SMILES string of the molecule is CC(C)(C#N)CCCn1ccc2c(Cl)cccc21. The summed E-state index contributed by atoms with van der Waals surface area (Å²) >= 11 is 6.14. The molecule has 1 aromatic carbocycles. The van der Waals surface area contributed by atoms with Gasteiger partial charge in [0, 0.05) is 28.7 Å². The van der Waals surface area contributed by atoms with Gasteiger partial charge in [-0.05, 0) is 44.9 Å². The Morgan fingerprint density at radius 2 is 2.11 bits per heavy atom. The smallest absolute Gasteiger partial charge is 0.0683 e. The average molecular weight is 261 g/mol. The molecule has 0 saturated carbocycles. The first-order valence-electron chi connectivity index (χ1n) is 6.18. The van der Waals surface area contributed by atoms with Gasteiger partial charge >= 0.3 is 0 Å². The van der Waals surface area contributed by atoms with Crippen molar-refractivity contribution in [3.8, 4) is 6.07 Å². The molecule has 0 saturated heterocycles. The van der Waals surface area contributed by atoms with Crippen molar-refractivity contribution in [2.24, 2.45) is 5.41 Å². The van der Waals surface area contributed by atoms with Crippen LogP contribution in [0.4, 0.5) is 0 Å². The summed E-state index contributed by atoms with van der Waals surface area (Å²) in [6, 6.07) is 10.3. The number of rotatable bonds is 4. The van der Waals surface area contributed by atoms with Gasteiger partial charge < -0.3 is 4.57 Å². The van der Waals surface area contributed by atoms with Crippen LogP contribution in [0.1, 0.15) is 26.7 Å². The minimum atomic E-state index is -0.236. The molecule has 2 rings (SSSR count). The molecule has 3 heteroatoms.